The highest BCUT2D eigenvalue weighted by Gasteiger charge is 2.20. The lowest BCUT2D eigenvalue weighted by atomic mass is 10.2. The Morgan fingerprint density at radius 3 is 2.76 bits per heavy atom. The van der Waals surface area contributed by atoms with E-state index in [9.17, 15) is 8.42 Å². The lowest BCUT2D eigenvalue weighted by Crippen LogP contribution is -2.14. The van der Waals surface area contributed by atoms with Crippen molar-refractivity contribution in [2.75, 3.05) is 4.72 Å². The van der Waals surface area contributed by atoms with Crippen LogP contribution in [0.5, 0.6) is 0 Å². The molecule has 21 heavy (non-hydrogen) atoms. The Morgan fingerprint density at radius 2 is 2.00 bits per heavy atom. The van der Waals surface area contributed by atoms with Crippen LogP contribution in [-0.4, -0.2) is 17.2 Å². The summed E-state index contributed by atoms with van der Waals surface area (Å²) in [6, 6.07) is 10.3. The Kier molecular flexibility index (Phi) is 3.68. The maximum Gasteiger partial charge on any atom is 0.264 e. The monoisotopic (exact) mass is 383 g/mol. The number of hydrogen-bond donors (Lipinski definition) is 1. The fraction of sp³-hybridized carbons (Fsp3) is 0.0769. The minimum Gasteiger partial charge on any atom is -0.279 e. The van der Waals surface area contributed by atoms with Crippen molar-refractivity contribution in [1.29, 1.82) is 0 Å². The minimum atomic E-state index is -3.71. The van der Waals surface area contributed by atoms with Crippen LogP contribution in [0.1, 0.15) is 5.56 Å². The van der Waals surface area contributed by atoms with Crippen molar-refractivity contribution in [3.63, 3.8) is 0 Å². The predicted octanol–water partition coefficient (Wildman–Crippen LogP) is 3.56. The molecule has 0 bridgehead atoms. The molecule has 5 nitrogen and oxygen atoms in total. The lowest BCUT2D eigenvalue weighted by Gasteiger charge is -2.11. The van der Waals surface area contributed by atoms with Crippen LogP contribution in [0, 0.1) is 6.92 Å². The van der Waals surface area contributed by atoms with Crippen LogP contribution < -0.4 is 4.72 Å². The average Bonchev–Trinajstić information content (AvgIpc) is 2.90. The van der Waals surface area contributed by atoms with Gasteiger partial charge in [0.2, 0.25) is 0 Å². The van der Waals surface area contributed by atoms with E-state index in [2.05, 4.69) is 29.4 Å². The van der Waals surface area contributed by atoms with Gasteiger partial charge < -0.3 is 0 Å². The summed E-state index contributed by atoms with van der Waals surface area (Å²) in [5, 5.41) is 0. The SMILES string of the molecule is Cc1cc(Br)ccc1NS(=O)(=O)c1cccc2nsnc12. The number of hydrogen-bond acceptors (Lipinski definition) is 5. The number of fused-ring (bicyclic) bond motifs is 1. The molecule has 3 aromatic rings. The van der Waals surface area contributed by atoms with Gasteiger partial charge >= 0.3 is 0 Å². The Bertz CT molecular complexity index is 922. The van der Waals surface area contributed by atoms with Gasteiger partial charge in [0.1, 0.15) is 15.9 Å². The van der Waals surface area contributed by atoms with Crippen LogP contribution >= 0.6 is 27.7 Å². The molecule has 0 radical (unpaired) electrons. The molecule has 0 atom stereocenters. The number of anilines is 1. The summed E-state index contributed by atoms with van der Waals surface area (Å²) in [6.07, 6.45) is 0. The Morgan fingerprint density at radius 1 is 1.19 bits per heavy atom. The van der Waals surface area contributed by atoms with E-state index in [1.807, 2.05) is 13.0 Å². The summed E-state index contributed by atoms with van der Waals surface area (Å²) < 4.78 is 36.8. The molecule has 0 saturated heterocycles. The summed E-state index contributed by atoms with van der Waals surface area (Å²) in [7, 11) is -3.71. The Labute approximate surface area is 134 Å². The van der Waals surface area contributed by atoms with E-state index in [4.69, 9.17) is 0 Å². The molecule has 0 aliphatic carbocycles. The molecule has 1 aromatic heterocycles. The number of benzene rings is 2. The van der Waals surface area contributed by atoms with E-state index in [0.717, 1.165) is 21.8 Å². The van der Waals surface area contributed by atoms with Crippen LogP contribution in [0.3, 0.4) is 0 Å². The summed E-state index contributed by atoms with van der Waals surface area (Å²) in [4.78, 5) is 0.135. The van der Waals surface area contributed by atoms with Crippen LogP contribution in [0.15, 0.2) is 45.8 Å². The van der Waals surface area contributed by atoms with Crippen molar-refractivity contribution >= 4 is 54.4 Å². The van der Waals surface area contributed by atoms with Gasteiger partial charge in [-0.1, -0.05) is 22.0 Å². The molecular formula is C13H10BrN3O2S2. The summed E-state index contributed by atoms with van der Waals surface area (Å²) in [6.45, 7) is 1.84. The summed E-state index contributed by atoms with van der Waals surface area (Å²) in [5.41, 5.74) is 2.34. The Balaban J connectivity index is 2.06. The lowest BCUT2D eigenvalue weighted by molar-refractivity contribution is 0.602. The van der Waals surface area contributed by atoms with Crippen LogP contribution in [0.2, 0.25) is 0 Å². The molecule has 0 aliphatic heterocycles. The van der Waals surface area contributed by atoms with Gasteiger partial charge in [-0.3, -0.25) is 4.72 Å². The zero-order valence-electron chi connectivity index (χ0n) is 10.9. The molecule has 3 rings (SSSR count). The van der Waals surface area contributed by atoms with E-state index < -0.39 is 10.0 Å². The van der Waals surface area contributed by atoms with Crippen LogP contribution in [-0.2, 0) is 10.0 Å². The Hall–Kier alpha value is -1.51. The van der Waals surface area contributed by atoms with Crippen LogP contribution in [0.25, 0.3) is 11.0 Å². The number of sulfonamides is 1. The number of aromatic nitrogens is 2. The smallest absolute Gasteiger partial charge is 0.264 e. The molecular weight excluding hydrogens is 374 g/mol. The molecule has 108 valence electrons. The molecule has 0 spiro atoms. The number of nitrogens with one attached hydrogen (secondary N) is 1. The van der Waals surface area contributed by atoms with E-state index in [1.54, 1.807) is 24.3 Å². The molecule has 0 unspecified atom stereocenters. The van der Waals surface area contributed by atoms with Gasteiger partial charge in [0.25, 0.3) is 10.0 Å². The third kappa shape index (κ3) is 2.78. The topological polar surface area (TPSA) is 72.0 Å². The highest BCUT2D eigenvalue weighted by molar-refractivity contribution is 9.10. The standard InChI is InChI=1S/C13H10BrN3O2S2/c1-8-7-9(14)5-6-10(8)17-21(18,19)12-4-2-3-11-13(12)16-20-15-11/h2-7,17H,1H3. The summed E-state index contributed by atoms with van der Waals surface area (Å²) >= 11 is 4.35. The van der Waals surface area contributed by atoms with Gasteiger partial charge in [-0.15, -0.1) is 0 Å². The summed E-state index contributed by atoms with van der Waals surface area (Å²) in [5.74, 6) is 0. The maximum absolute atomic E-state index is 12.6. The van der Waals surface area contributed by atoms with Crippen molar-refractivity contribution in [2.45, 2.75) is 11.8 Å². The molecule has 0 aliphatic rings. The van der Waals surface area contributed by atoms with Crippen molar-refractivity contribution in [1.82, 2.24) is 8.75 Å². The molecule has 0 saturated carbocycles. The second-order valence-electron chi connectivity index (χ2n) is 4.45. The molecule has 0 fully saturated rings. The van der Waals surface area contributed by atoms with Crippen molar-refractivity contribution < 1.29 is 8.42 Å². The normalized spacial score (nSPS) is 11.7. The highest BCUT2D eigenvalue weighted by Crippen LogP contribution is 2.26. The van der Waals surface area contributed by atoms with Gasteiger partial charge in [-0.2, -0.15) is 8.75 Å². The van der Waals surface area contributed by atoms with Crippen molar-refractivity contribution in [3.8, 4) is 0 Å². The molecule has 1 heterocycles. The first-order valence-electron chi connectivity index (χ1n) is 5.97. The first-order valence-corrected chi connectivity index (χ1v) is 8.98. The zero-order chi connectivity index (χ0) is 15.0. The van der Waals surface area contributed by atoms with Gasteiger partial charge in [-0.25, -0.2) is 8.42 Å². The minimum absolute atomic E-state index is 0.135. The molecule has 0 amide bonds. The average molecular weight is 384 g/mol. The first-order chi connectivity index (χ1) is 9.97. The fourth-order valence-electron chi connectivity index (χ4n) is 1.94. The van der Waals surface area contributed by atoms with E-state index in [1.165, 1.54) is 6.07 Å². The van der Waals surface area contributed by atoms with Crippen LogP contribution in [0.4, 0.5) is 5.69 Å². The van der Waals surface area contributed by atoms with E-state index >= 15 is 0 Å². The third-order valence-corrected chi connectivity index (χ3v) is 5.40. The van der Waals surface area contributed by atoms with E-state index in [0.29, 0.717) is 16.7 Å². The third-order valence-electron chi connectivity index (χ3n) is 2.97. The maximum atomic E-state index is 12.6. The van der Waals surface area contributed by atoms with Gasteiger partial charge in [0.05, 0.1) is 17.4 Å². The number of halogens is 1. The van der Waals surface area contributed by atoms with Crippen molar-refractivity contribution in [3.05, 3.63) is 46.4 Å². The molecule has 1 N–H and O–H groups in total. The largest absolute Gasteiger partial charge is 0.279 e. The number of rotatable bonds is 3. The van der Waals surface area contributed by atoms with E-state index in [-0.39, 0.29) is 4.90 Å². The predicted molar refractivity (Wildman–Crippen MR) is 87.1 cm³/mol. The van der Waals surface area contributed by atoms with Gasteiger partial charge in [0.15, 0.2) is 0 Å². The molecule has 8 heteroatoms. The van der Waals surface area contributed by atoms with Gasteiger partial charge in [-0.05, 0) is 42.8 Å². The van der Waals surface area contributed by atoms with Crippen molar-refractivity contribution in [2.24, 2.45) is 0 Å². The molecule has 2 aromatic carbocycles. The van der Waals surface area contributed by atoms with Gasteiger partial charge in [0, 0.05) is 4.47 Å². The second-order valence-corrected chi connectivity index (χ2v) is 7.55. The zero-order valence-corrected chi connectivity index (χ0v) is 14.1. The fourth-order valence-corrected chi connectivity index (χ4v) is 4.31. The number of nitrogens with zero attached hydrogens (tertiary/aromatic N) is 2. The second kappa shape index (κ2) is 5.36. The quantitative estimate of drug-likeness (QED) is 0.750. The number of aryl methyl sites for hydroxylation is 1. The first kappa shape index (κ1) is 14.4. The highest BCUT2D eigenvalue weighted by atomic mass is 79.9.